The first kappa shape index (κ1) is 15.2. The van der Waals surface area contributed by atoms with Gasteiger partial charge in [-0.25, -0.2) is 0 Å². The highest BCUT2D eigenvalue weighted by atomic mass is 32.1. The number of hydrogen-bond donors (Lipinski definition) is 3. The highest BCUT2D eigenvalue weighted by Gasteiger charge is 2.19. The zero-order valence-corrected chi connectivity index (χ0v) is 12.9. The molecule has 0 aromatic carbocycles. The molecule has 112 valence electrons. The Kier molecular flexibility index (Phi) is 4.37. The van der Waals surface area contributed by atoms with Gasteiger partial charge in [0.2, 0.25) is 5.91 Å². The van der Waals surface area contributed by atoms with Gasteiger partial charge in [0, 0.05) is 25.4 Å². The van der Waals surface area contributed by atoms with Gasteiger partial charge in [0.15, 0.2) is 0 Å². The Morgan fingerprint density at radius 2 is 1.86 bits per heavy atom. The van der Waals surface area contributed by atoms with Crippen molar-refractivity contribution in [3.8, 4) is 0 Å². The van der Waals surface area contributed by atoms with Crippen LogP contribution in [0.25, 0.3) is 10.2 Å². The molecule has 2 aromatic heterocycles. The van der Waals surface area contributed by atoms with Gasteiger partial charge >= 0.3 is 0 Å². The Bertz CT molecular complexity index is 710. The fourth-order valence-electron chi connectivity index (χ4n) is 1.90. The number of nitrogens with two attached hydrogens (primary N) is 1. The molecule has 0 radical (unpaired) electrons. The number of aromatic nitrogens is 2. The molecule has 0 unspecified atom stereocenters. The van der Waals surface area contributed by atoms with Crippen molar-refractivity contribution in [3.05, 3.63) is 16.1 Å². The van der Waals surface area contributed by atoms with Crippen molar-refractivity contribution in [3.63, 3.8) is 0 Å². The quantitative estimate of drug-likeness (QED) is 0.722. The van der Waals surface area contributed by atoms with Crippen LogP contribution in [0.1, 0.15) is 27.9 Å². The second kappa shape index (κ2) is 6.04. The Morgan fingerprint density at radius 3 is 2.52 bits per heavy atom. The SMILES string of the molecule is CC(=O)NCCNC(=O)c1sc2nnc(C)c(C)c2c1N. The van der Waals surface area contributed by atoms with Crippen molar-refractivity contribution in [2.24, 2.45) is 0 Å². The van der Waals surface area contributed by atoms with E-state index < -0.39 is 0 Å². The molecule has 0 aliphatic heterocycles. The number of hydrogen-bond acceptors (Lipinski definition) is 6. The predicted octanol–water partition coefficient (Wildman–Crippen LogP) is 0.756. The number of anilines is 1. The van der Waals surface area contributed by atoms with Crippen LogP contribution in [0.15, 0.2) is 0 Å². The molecule has 8 heteroatoms. The van der Waals surface area contributed by atoms with Gasteiger partial charge in [-0.2, -0.15) is 5.10 Å². The van der Waals surface area contributed by atoms with Gasteiger partial charge in [-0.3, -0.25) is 9.59 Å². The molecular weight excluding hydrogens is 290 g/mol. The zero-order valence-electron chi connectivity index (χ0n) is 12.1. The molecule has 0 aliphatic carbocycles. The van der Waals surface area contributed by atoms with E-state index in [0.29, 0.717) is 28.5 Å². The molecule has 0 saturated carbocycles. The molecule has 4 N–H and O–H groups in total. The Morgan fingerprint density at radius 1 is 1.19 bits per heavy atom. The lowest BCUT2D eigenvalue weighted by Crippen LogP contribution is -2.33. The van der Waals surface area contributed by atoms with Crippen LogP contribution in [-0.4, -0.2) is 35.1 Å². The summed E-state index contributed by atoms with van der Waals surface area (Å²) in [6.07, 6.45) is 0. The lowest BCUT2D eigenvalue weighted by molar-refractivity contribution is -0.118. The number of thiophene rings is 1. The highest BCUT2D eigenvalue weighted by Crippen LogP contribution is 2.34. The fourth-order valence-corrected chi connectivity index (χ4v) is 2.92. The molecule has 2 aromatic rings. The van der Waals surface area contributed by atoms with Gasteiger partial charge in [-0.15, -0.1) is 16.4 Å². The molecule has 21 heavy (non-hydrogen) atoms. The molecule has 0 spiro atoms. The van der Waals surface area contributed by atoms with Crippen LogP contribution in [0.4, 0.5) is 5.69 Å². The van der Waals surface area contributed by atoms with E-state index in [1.165, 1.54) is 18.3 Å². The lowest BCUT2D eigenvalue weighted by atomic mass is 10.1. The van der Waals surface area contributed by atoms with Gasteiger partial charge < -0.3 is 16.4 Å². The minimum Gasteiger partial charge on any atom is -0.397 e. The molecule has 7 nitrogen and oxygen atoms in total. The van der Waals surface area contributed by atoms with Gasteiger partial charge in [0.05, 0.1) is 11.4 Å². The fraction of sp³-hybridized carbons (Fsp3) is 0.385. The van der Waals surface area contributed by atoms with E-state index in [9.17, 15) is 9.59 Å². The zero-order chi connectivity index (χ0) is 15.6. The lowest BCUT2D eigenvalue weighted by Gasteiger charge is -2.05. The van der Waals surface area contributed by atoms with Gasteiger partial charge in [-0.1, -0.05) is 0 Å². The Labute approximate surface area is 125 Å². The summed E-state index contributed by atoms with van der Waals surface area (Å²) in [4.78, 5) is 24.0. The summed E-state index contributed by atoms with van der Waals surface area (Å²) in [5.74, 6) is -0.398. The van der Waals surface area contributed by atoms with Crippen LogP contribution in [0, 0.1) is 13.8 Å². The summed E-state index contributed by atoms with van der Waals surface area (Å²) < 4.78 is 0. The predicted molar refractivity (Wildman–Crippen MR) is 82.3 cm³/mol. The van der Waals surface area contributed by atoms with Crippen molar-refractivity contribution < 1.29 is 9.59 Å². The topological polar surface area (TPSA) is 110 Å². The number of amides is 2. The first-order valence-electron chi connectivity index (χ1n) is 6.46. The summed E-state index contributed by atoms with van der Waals surface area (Å²) in [5.41, 5.74) is 8.24. The van der Waals surface area contributed by atoms with Crippen LogP contribution in [0.2, 0.25) is 0 Å². The first-order valence-corrected chi connectivity index (χ1v) is 7.28. The number of carbonyl (C=O) groups excluding carboxylic acids is 2. The molecule has 0 saturated heterocycles. The monoisotopic (exact) mass is 307 g/mol. The van der Waals surface area contributed by atoms with Crippen molar-refractivity contribution in [2.75, 3.05) is 18.8 Å². The maximum Gasteiger partial charge on any atom is 0.263 e. The van der Waals surface area contributed by atoms with Crippen molar-refractivity contribution >= 4 is 39.1 Å². The van der Waals surface area contributed by atoms with Crippen molar-refractivity contribution in [1.29, 1.82) is 0 Å². The summed E-state index contributed by atoms with van der Waals surface area (Å²) >= 11 is 1.22. The minimum absolute atomic E-state index is 0.132. The van der Waals surface area contributed by atoms with Crippen molar-refractivity contribution in [1.82, 2.24) is 20.8 Å². The molecule has 0 atom stereocenters. The molecule has 2 rings (SSSR count). The van der Waals surface area contributed by atoms with E-state index in [1.807, 2.05) is 13.8 Å². The first-order chi connectivity index (χ1) is 9.91. The van der Waals surface area contributed by atoms with Crippen LogP contribution >= 0.6 is 11.3 Å². The van der Waals surface area contributed by atoms with Gasteiger partial charge in [0.25, 0.3) is 5.91 Å². The maximum atomic E-state index is 12.1. The van der Waals surface area contributed by atoms with Crippen LogP contribution in [0.3, 0.4) is 0 Å². The number of nitrogen functional groups attached to an aromatic ring is 1. The third-order valence-electron chi connectivity index (χ3n) is 3.13. The normalized spacial score (nSPS) is 10.6. The molecule has 0 fully saturated rings. The third-order valence-corrected chi connectivity index (χ3v) is 4.21. The van der Waals surface area contributed by atoms with E-state index in [0.717, 1.165) is 16.6 Å². The smallest absolute Gasteiger partial charge is 0.263 e. The van der Waals surface area contributed by atoms with E-state index in [1.54, 1.807) is 0 Å². The Balaban J connectivity index is 2.18. The summed E-state index contributed by atoms with van der Waals surface area (Å²) in [7, 11) is 0. The largest absolute Gasteiger partial charge is 0.397 e. The second-order valence-corrected chi connectivity index (χ2v) is 5.67. The third kappa shape index (κ3) is 3.10. The molecule has 0 aliphatic rings. The number of nitrogens with one attached hydrogen (secondary N) is 2. The van der Waals surface area contributed by atoms with Crippen LogP contribution in [-0.2, 0) is 4.79 Å². The second-order valence-electron chi connectivity index (χ2n) is 4.67. The van der Waals surface area contributed by atoms with Crippen molar-refractivity contribution in [2.45, 2.75) is 20.8 Å². The number of nitrogens with zero attached hydrogens (tertiary/aromatic N) is 2. The number of fused-ring (bicyclic) bond motifs is 1. The maximum absolute atomic E-state index is 12.1. The number of rotatable bonds is 4. The van der Waals surface area contributed by atoms with Gasteiger partial charge in [-0.05, 0) is 19.4 Å². The standard InChI is InChI=1S/C13H17N5O2S/c1-6-7(2)17-18-13-9(6)10(14)11(21-13)12(20)16-5-4-15-8(3)19/h4-5,14H2,1-3H3,(H,15,19)(H,16,20). The summed E-state index contributed by atoms with van der Waals surface area (Å²) in [6.45, 7) is 5.91. The van der Waals surface area contributed by atoms with E-state index in [-0.39, 0.29) is 11.8 Å². The number of carbonyl (C=O) groups is 2. The average molecular weight is 307 g/mol. The molecular formula is C13H17N5O2S. The van der Waals surface area contributed by atoms with Crippen LogP contribution in [0.5, 0.6) is 0 Å². The van der Waals surface area contributed by atoms with Crippen LogP contribution < -0.4 is 16.4 Å². The van der Waals surface area contributed by atoms with E-state index >= 15 is 0 Å². The Hall–Kier alpha value is -2.22. The average Bonchev–Trinajstić information content (AvgIpc) is 2.76. The summed E-state index contributed by atoms with van der Waals surface area (Å²) in [5, 5.41) is 14.2. The van der Waals surface area contributed by atoms with Gasteiger partial charge in [0.1, 0.15) is 9.71 Å². The molecule has 2 amide bonds. The summed E-state index contributed by atoms with van der Waals surface area (Å²) in [6, 6.07) is 0. The molecule has 2 heterocycles. The van der Waals surface area contributed by atoms with E-state index in [2.05, 4.69) is 20.8 Å². The molecule has 0 bridgehead atoms. The number of aryl methyl sites for hydroxylation is 2. The minimum atomic E-state index is -0.266. The van der Waals surface area contributed by atoms with E-state index in [4.69, 9.17) is 5.73 Å². The highest BCUT2D eigenvalue weighted by molar-refractivity contribution is 7.21.